The number of ether oxygens (including phenoxy) is 2. The number of rotatable bonds is 9. The van der Waals surface area contributed by atoms with E-state index in [9.17, 15) is 19.6 Å². The molecule has 186 valence electrons. The van der Waals surface area contributed by atoms with E-state index in [1.807, 2.05) is 0 Å². The first-order valence-corrected chi connectivity index (χ1v) is 12.1. The van der Waals surface area contributed by atoms with Crippen molar-refractivity contribution >= 4 is 29.1 Å². The zero-order chi connectivity index (χ0) is 25.1. The van der Waals surface area contributed by atoms with E-state index in [2.05, 4.69) is 16.7 Å². The molecule has 2 bridgehead atoms. The van der Waals surface area contributed by atoms with E-state index in [4.69, 9.17) is 32.7 Å². The largest absolute Gasteiger partial charge is 0.484 e. The van der Waals surface area contributed by atoms with Crippen LogP contribution in [0.15, 0.2) is 42.5 Å². The van der Waals surface area contributed by atoms with Crippen molar-refractivity contribution in [3.8, 4) is 17.6 Å². The molecule has 3 N–H and O–H groups in total. The number of fused-ring (bicyclic) bond motifs is 3. The Labute approximate surface area is 213 Å². The summed E-state index contributed by atoms with van der Waals surface area (Å²) in [5.74, 6) is -0.261. The first kappa shape index (κ1) is 25.5. The lowest BCUT2D eigenvalue weighted by molar-refractivity contribution is -0.132. The van der Waals surface area contributed by atoms with E-state index in [1.54, 1.807) is 24.3 Å². The maximum absolute atomic E-state index is 13.6. The van der Waals surface area contributed by atoms with Gasteiger partial charge in [-0.05, 0) is 68.5 Å². The molecule has 10 heteroatoms. The van der Waals surface area contributed by atoms with Crippen LogP contribution in [0.1, 0.15) is 32.1 Å². The molecule has 0 aromatic heterocycles. The van der Waals surface area contributed by atoms with Crippen LogP contribution >= 0.6 is 23.2 Å². The molecule has 0 radical (unpaired) electrons. The van der Waals surface area contributed by atoms with E-state index in [1.165, 1.54) is 12.1 Å². The van der Waals surface area contributed by atoms with Gasteiger partial charge in [-0.15, -0.1) is 0 Å². The maximum Gasteiger partial charge on any atom is 0.258 e. The lowest BCUT2D eigenvalue weighted by Crippen LogP contribution is -2.70. The Morgan fingerprint density at radius 1 is 1.17 bits per heavy atom. The molecule has 5 rings (SSSR count). The summed E-state index contributed by atoms with van der Waals surface area (Å²) < 4.78 is 24.7. The summed E-state index contributed by atoms with van der Waals surface area (Å²) in [6, 6.07) is 12.9. The number of aliphatic hydroxyl groups is 1. The van der Waals surface area contributed by atoms with Crippen LogP contribution < -0.4 is 20.1 Å². The number of benzene rings is 2. The van der Waals surface area contributed by atoms with Gasteiger partial charge in [0.2, 0.25) is 0 Å². The fourth-order valence-corrected chi connectivity index (χ4v) is 5.11. The molecular formula is C25H26Cl2FN3O4. The molecule has 3 fully saturated rings. The molecule has 3 aliphatic carbocycles. The maximum atomic E-state index is 13.6. The van der Waals surface area contributed by atoms with Crippen LogP contribution in [0.3, 0.4) is 0 Å². The normalized spacial score (nSPS) is 26.0. The number of nitriles is 1. The highest BCUT2D eigenvalue weighted by molar-refractivity contribution is 6.30. The van der Waals surface area contributed by atoms with E-state index >= 15 is 0 Å². The summed E-state index contributed by atoms with van der Waals surface area (Å²) in [7, 11) is 0. The van der Waals surface area contributed by atoms with Crippen molar-refractivity contribution < 1.29 is 23.8 Å². The van der Waals surface area contributed by atoms with E-state index in [-0.39, 0.29) is 28.8 Å². The second-order valence-corrected chi connectivity index (χ2v) is 9.98. The summed E-state index contributed by atoms with van der Waals surface area (Å²) in [6.07, 6.45) is 1.60. The lowest BCUT2D eigenvalue weighted by Gasteiger charge is -2.56. The third kappa shape index (κ3) is 5.99. The van der Waals surface area contributed by atoms with Gasteiger partial charge in [-0.2, -0.15) is 5.26 Å². The predicted octanol–water partition coefficient (Wildman–Crippen LogP) is 4.00. The topological polar surface area (TPSA) is 104 Å². The molecule has 0 heterocycles. The van der Waals surface area contributed by atoms with Crippen molar-refractivity contribution in [1.29, 1.82) is 5.26 Å². The number of amides is 1. The minimum absolute atomic E-state index is 0.0250. The molecule has 35 heavy (non-hydrogen) atoms. The summed E-state index contributed by atoms with van der Waals surface area (Å²) in [6.45, 7) is 0.00151. The van der Waals surface area contributed by atoms with Gasteiger partial charge in [-0.1, -0.05) is 23.2 Å². The summed E-state index contributed by atoms with van der Waals surface area (Å²) in [5, 5.41) is 27.4. The van der Waals surface area contributed by atoms with Gasteiger partial charge in [0.25, 0.3) is 5.91 Å². The molecule has 1 unspecified atom stereocenters. The monoisotopic (exact) mass is 521 g/mol. The quantitative estimate of drug-likeness (QED) is 0.460. The van der Waals surface area contributed by atoms with Gasteiger partial charge in [0.1, 0.15) is 23.4 Å². The van der Waals surface area contributed by atoms with Crippen LogP contribution in [0.5, 0.6) is 11.5 Å². The Morgan fingerprint density at radius 2 is 1.86 bits per heavy atom. The Kier molecular flexibility index (Phi) is 7.72. The number of carbonyl (C=O) groups excluding carboxylic acids is 1. The van der Waals surface area contributed by atoms with Crippen molar-refractivity contribution in [1.82, 2.24) is 10.6 Å². The standard InChI is InChI=1S/C25H26Cl2FN3O4/c26-16-1-3-17(4-2-16)35-19(13-29)14-30-24-7-9-25(10-8-24,22(32)12-24)31-23(33)15-34-18-5-6-20(27)21(28)11-18/h1-6,11,19,22,30,32H,7-10,12,14-15H2,(H,31,33)/t19-,22?,24?,25?/m0/s1. The third-order valence-electron chi connectivity index (χ3n) is 6.87. The number of hydrogen-bond donors (Lipinski definition) is 3. The molecular weight excluding hydrogens is 496 g/mol. The van der Waals surface area contributed by atoms with Gasteiger partial charge >= 0.3 is 0 Å². The van der Waals surface area contributed by atoms with Gasteiger partial charge < -0.3 is 25.2 Å². The molecule has 2 aromatic carbocycles. The van der Waals surface area contributed by atoms with Crippen LogP contribution in [-0.2, 0) is 4.79 Å². The second-order valence-electron chi connectivity index (χ2n) is 9.14. The van der Waals surface area contributed by atoms with Crippen LogP contribution in [0.25, 0.3) is 0 Å². The number of halogens is 3. The molecule has 7 nitrogen and oxygen atoms in total. The fourth-order valence-electron chi connectivity index (χ4n) is 4.86. The molecule has 1 amide bonds. The lowest BCUT2D eigenvalue weighted by atomic mass is 9.60. The Hall–Kier alpha value is -2.57. The molecule has 2 aromatic rings. The molecule has 3 saturated carbocycles. The highest BCUT2D eigenvalue weighted by atomic mass is 35.5. The molecule has 2 atom stereocenters. The average Bonchev–Trinajstić information content (AvgIpc) is 2.85. The fraction of sp³-hybridized carbons (Fsp3) is 0.440. The minimum atomic E-state index is -0.757. The summed E-state index contributed by atoms with van der Waals surface area (Å²) >= 11 is 11.6. The molecule has 0 saturated heterocycles. The number of nitrogens with zero attached hydrogens (tertiary/aromatic N) is 1. The number of carbonyl (C=O) groups is 1. The van der Waals surface area contributed by atoms with Crippen molar-refractivity contribution in [3.63, 3.8) is 0 Å². The van der Waals surface area contributed by atoms with Gasteiger partial charge in [-0.25, -0.2) is 4.39 Å². The summed E-state index contributed by atoms with van der Waals surface area (Å²) in [4.78, 5) is 12.5. The Morgan fingerprint density at radius 3 is 2.49 bits per heavy atom. The smallest absolute Gasteiger partial charge is 0.258 e. The molecule has 0 spiro atoms. The van der Waals surface area contributed by atoms with Gasteiger partial charge in [0.15, 0.2) is 12.7 Å². The minimum Gasteiger partial charge on any atom is -0.484 e. The number of aliphatic hydroxyl groups excluding tert-OH is 1. The number of nitrogens with one attached hydrogen (secondary N) is 2. The van der Waals surface area contributed by atoms with Crippen molar-refractivity contribution in [2.75, 3.05) is 13.2 Å². The molecule has 3 aliphatic rings. The Balaban J connectivity index is 1.28. The number of hydrogen-bond acceptors (Lipinski definition) is 6. The van der Waals surface area contributed by atoms with Crippen LogP contribution in [0, 0.1) is 17.1 Å². The summed E-state index contributed by atoms with van der Waals surface area (Å²) in [5.41, 5.74) is -1.06. The Bertz CT molecular complexity index is 1100. The average molecular weight is 522 g/mol. The SMILES string of the molecule is N#C[C@@H](CNC12CCC(NC(=O)COc3ccc(Cl)c(F)c3)(CC1)C(O)C2)Oc1ccc(Cl)cc1. The van der Waals surface area contributed by atoms with Crippen molar-refractivity contribution in [2.24, 2.45) is 0 Å². The van der Waals surface area contributed by atoms with Gasteiger partial charge in [0.05, 0.1) is 16.7 Å². The highest BCUT2D eigenvalue weighted by Crippen LogP contribution is 2.47. The predicted molar refractivity (Wildman–Crippen MR) is 129 cm³/mol. The zero-order valence-electron chi connectivity index (χ0n) is 18.9. The zero-order valence-corrected chi connectivity index (χ0v) is 20.4. The van der Waals surface area contributed by atoms with Crippen molar-refractivity contribution in [3.05, 3.63) is 58.3 Å². The highest BCUT2D eigenvalue weighted by Gasteiger charge is 2.54. The van der Waals surface area contributed by atoms with E-state index in [0.29, 0.717) is 36.6 Å². The van der Waals surface area contributed by atoms with E-state index in [0.717, 1.165) is 18.9 Å². The van der Waals surface area contributed by atoms with Crippen LogP contribution in [0.4, 0.5) is 4.39 Å². The first-order chi connectivity index (χ1) is 16.7. The first-order valence-electron chi connectivity index (χ1n) is 11.4. The van der Waals surface area contributed by atoms with E-state index < -0.39 is 23.6 Å². The van der Waals surface area contributed by atoms with Gasteiger partial charge in [0, 0.05) is 23.2 Å². The van der Waals surface area contributed by atoms with Crippen LogP contribution in [-0.4, -0.2) is 47.5 Å². The van der Waals surface area contributed by atoms with Crippen molar-refractivity contribution in [2.45, 2.75) is 55.4 Å². The van der Waals surface area contributed by atoms with Crippen LogP contribution in [0.2, 0.25) is 10.0 Å². The second kappa shape index (κ2) is 10.6. The van der Waals surface area contributed by atoms with Gasteiger partial charge in [-0.3, -0.25) is 4.79 Å². The third-order valence-corrected chi connectivity index (χ3v) is 7.43. The molecule has 0 aliphatic heterocycles.